The summed E-state index contributed by atoms with van der Waals surface area (Å²) < 4.78 is 31.9. The molecule has 0 bridgehead atoms. The zero-order valence-electron chi connectivity index (χ0n) is 13.9. The number of nitrogens with zero attached hydrogens (tertiary/aromatic N) is 1. The molecule has 0 fully saturated rings. The van der Waals surface area contributed by atoms with Crippen molar-refractivity contribution in [1.82, 2.24) is 0 Å². The van der Waals surface area contributed by atoms with E-state index in [0.29, 0.717) is 33.3 Å². The van der Waals surface area contributed by atoms with Crippen LogP contribution < -0.4 is 0 Å². The van der Waals surface area contributed by atoms with Crippen LogP contribution in [0.5, 0.6) is 0 Å². The molecular formula is C20H13NO5S. The molecule has 0 saturated heterocycles. The van der Waals surface area contributed by atoms with Gasteiger partial charge < -0.3 is 0 Å². The zero-order chi connectivity index (χ0) is 19.2. The number of carbonyl (C=O) groups is 2. The molecule has 0 radical (unpaired) electrons. The van der Waals surface area contributed by atoms with Crippen LogP contribution in [-0.4, -0.2) is 30.2 Å². The zero-order valence-corrected chi connectivity index (χ0v) is 14.7. The molecule has 1 aliphatic carbocycles. The maximum atomic E-state index is 12.1. The van der Waals surface area contributed by atoms with Gasteiger partial charge in [-0.05, 0) is 23.6 Å². The largest absolute Gasteiger partial charge is 0.294 e. The van der Waals surface area contributed by atoms with Crippen LogP contribution in [0.15, 0.2) is 70.6 Å². The minimum Gasteiger partial charge on any atom is -0.290 e. The van der Waals surface area contributed by atoms with Gasteiger partial charge in [0.05, 0.1) is 22.7 Å². The summed E-state index contributed by atoms with van der Waals surface area (Å²) in [5.41, 5.74) is 1.98. The monoisotopic (exact) mass is 379 g/mol. The highest BCUT2D eigenvalue weighted by Crippen LogP contribution is 2.30. The van der Waals surface area contributed by atoms with Gasteiger partial charge in [-0.2, -0.15) is 8.42 Å². The van der Waals surface area contributed by atoms with E-state index in [1.807, 2.05) is 0 Å². The van der Waals surface area contributed by atoms with Crippen LogP contribution in [0, 0.1) is 0 Å². The summed E-state index contributed by atoms with van der Waals surface area (Å²) in [4.78, 5) is 28.5. The maximum absolute atomic E-state index is 12.1. The Labute approximate surface area is 154 Å². The van der Waals surface area contributed by atoms with Crippen LogP contribution in [-0.2, 0) is 14.9 Å². The molecule has 3 aromatic rings. The first-order valence-corrected chi connectivity index (χ1v) is 9.53. The van der Waals surface area contributed by atoms with Gasteiger partial charge in [0.1, 0.15) is 0 Å². The number of hydrogen-bond acceptors (Lipinski definition) is 5. The fourth-order valence-electron chi connectivity index (χ4n) is 3.16. The highest BCUT2D eigenvalue weighted by molar-refractivity contribution is 7.85. The number of fused-ring (bicyclic) bond motifs is 2. The number of rotatable bonds is 2. The number of hydrogen-bond donors (Lipinski definition) is 1. The van der Waals surface area contributed by atoms with E-state index in [1.54, 1.807) is 48.5 Å². The van der Waals surface area contributed by atoms with Crippen molar-refractivity contribution in [2.24, 2.45) is 4.99 Å². The highest BCUT2D eigenvalue weighted by Gasteiger charge is 2.29. The van der Waals surface area contributed by atoms with Gasteiger partial charge in [-0.25, -0.2) is 0 Å². The van der Waals surface area contributed by atoms with E-state index in [1.165, 1.54) is 12.1 Å². The molecule has 27 heavy (non-hydrogen) atoms. The van der Waals surface area contributed by atoms with Gasteiger partial charge in [-0.3, -0.25) is 19.1 Å². The van der Waals surface area contributed by atoms with E-state index >= 15 is 0 Å². The quantitative estimate of drug-likeness (QED) is 0.543. The molecule has 3 aromatic carbocycles. The van der Waals surface area contributed by atoms with Gasteiger partial charge in [0, 0.05) is 16.5 Å². The van der Waals surface area contributed by atoms with Crippen molar-refractivity contribution in [2.75, 3.05) is 0 Å². The van der Waals surface area contributed by atoms with Crippen molar-refractivity contribution in [3.8, 4) is 0 Å². The number of aliphatic imine (C=N–C) groups is 1. The van der Waals surface area contributed by atoms with Crippen molar-refractivity contribution in [3.05, 3.63) is 71.8 Å². The summed E-state index contributed by atoms with van der Waals surface area (Å²) in [7, 11) is -4.31. The predicted octanol–water partition coefficient (Wildman–Crippen LogP) is 3.36. The second-order valence-electron chi connectivity index (χ2n) is 6.17. The van der Waals surface area contributed by atoms with Gasteiger partial charge in [-0.1, -0.05) is 42.5 Å². The molecule has 1 N–H and O–H groups in total. The first-order chi connectivity index (χ1) is 12.8. The smallest absolute Gasteiger partial charge is 0.290 e. The van der Waals surface area contributed by atoms with Crippen LogP contribution in [0.1, 0.15) is 22.3 Å². The molecule has 0 atom stereocenters. The second-order valence-corrected chi connectivity index (χ2v) is 7.59. The number of ketones is 2. The minimum atomic E-state index is -4.31. The third-order valence-corrected chi connectivity index (χ3v) is 5.30. The van der Waals surface area contributed by atoms with E-state index in [9.17, 15) is 22.6 Å². The van der Waals surface area contributed by atoms with Gasteiger partial charge in [0.25, 0.3) is 10.1 Å². The van der Waals surface area contributed by atoms with Crippen LogP contribution in [0.2, 0.25) is 0 Å². The van der Waals surface area contributed by atoms with Gasteiger partial charge in [0.15, 0.2) is 0 Å². The molecule has 1 aliphatic rings. The molecule has 0 spiro atoms. The number of benzene rings is 3. The van der Waals surface area contributed by atoms with Crippen LogP contribution in [0.25, 0.3) is 10.8 Å². The predicted molar refractivity (Wildman–Crippen MR) is 100 cm³/mol. The Kier molecular flexibility index (Phi) is 3.98. The van der Waals surface area contributed by atoms with E-state index in [0.717, 1.165) is 0 Å². The highest BCUT2D eigenvalue weighted by atomic mass is 32.2. The van der Waals surface area contributed by atoms with Crippen molar-refractivity contribution < 1.29 is 22.6 Å². The first kappa shape index (κ1) is 17.3. The summed E-state index contributed by atoms with van der Waals surface area (Å²) in [6.07, 6.45) is -0.0880. The number of carbonyl (C=O) groups excluding carboxylic acids is 2. The van der Waals surface area contributed by atoms with Crippen LogP contribution >= 0.6 is 0 Å². The molecule has 0 heterocycles. The van der Waals surface area contributed by atoms with Crippen molar-refractivity contribution in [3.63, 3.8) is 0 Å². The lowest BCUT2D eigenvalue weighted by Crippen LogP contribution is -2.27. The lowest BCUT2D eigenvalue weighted by Gasteiger charge is -2.16. The molecule has 134 valence electrons. The molecule has 0 amide bonds. The summed E-state index contributed by atoms with van der Waals surface area (Å²) >= 11 is 0. The Morgan fingerprint density at radius 3 is 2.37 bits per heavy atom. The third kappa shape index (κ3) is 3.07. The maximum Gasteiger partial charge on any atom is 0.294 e. The Bertz CT molecular complexity index is 1260. The third-order valence-electron chi connectivity index (χ3n) is 4.45. The average Bonchev–Trinajstić information content (AvgIpc) is 2.65. The van der Waals surface area contributed by atoms with Crippen molar-refractivity contribution in [2.45, 2.75) is 11.3 Å². The molecule has 6 nitrogen and oxygen atoms in total. The van der Waals surface area contributed by atoms with Crippen molar-refractivity contribution in [1.29, 1.82) is 0 Å². The summed E-state index contributed by atoms with van der Waals surface area (Å²) in [6.45, 7) is 0. The SMILES string of the molecule is O=C1CC(=Nc2cccc3cc(S(=O)(=O)O)ccc23)c2ccccc2C1=O. The average molecular weight is 379 g/mol. The fourth-order valence-corrected chi connectivity index (χ4v) is 3.67. The molecule has 4 rings (SSSR count). The Morgan fingerprint density at radius 1 is 0.889 bits per heavy atom. The first-order valence-electron chi connectivity index (χ1n) is 8.09. The van der Waals surface area contributed by atoms with Crippen LogP contribution in [0.4, 0.5) is 5.69 Å². The van der Waals surface area contributed by atoms with Crippen LogP contribution in [0.3, 0.4) is 0 Å². The Hall–Kier alpha value is -3.16. The van der Waals surface area contributed by atoms with E-state index in [2.05, 4.69) is 4.99 Å². The molecule has 0 saturated carbocycles. The second kappa shape index (κ2) is 6.22. The fraction of sp³-hybridized carbons (Fsp3) is 0.0500. The van der Waals surface area contributed by atoms with Crippen molar-refractivity contribution >= 4 is 43.9 Å². The molecular weight excluding hydrogens is 366 g/mol. The van der Waals surface area contributed by atoms with E-state index < -0.39 is 21.7 Å². The topological polar surface area (TPSA) is 101 Å². The van der Waals surface area contributed by atoms with Gasteiger partial charge in [-0.15, -0.1) is 0 Å². The Balaban J connectivity index is 1.90. The molecule has 0 aromatic heterocycles. The number of Topliss-reactive ketones (excluding diaryl/α,β-unsaturated/α-hetero) is 2. The summed E-state index contributed by atoms with van der Waals surface area (Å²) in [5.74, 6) is -1.03. The summed E-state index contributed by atoms with van der Waals surface area (Å²) in [5, 5.41) is 1.25. The minimum absolute atomic E-state index is 0.0880. The van der Waals surface area contributed by atoms with E-state index in [4.69, 9.17) is 0 Å². The van der Waals surface area contributed by atoms with Gasteiger partial charge >= 0.3 is 0 Å². The lowest BCUT2D eigenvalue weighted by atomic mass is 9.88. The lowest BCUT2D eigenvalue weighted by molar-refractivity contribution is -0.114. The Morgan fingerprint density at radius 2 is 1.63 bits per heavy atom. The normalized spacial score (nSPS) is 16.0. The standard InChI is InChI=1S/C20H13NO5S/c22-19-11-18(15-5-1-2-6-16(15)20(19)23)21-17-7-3-4-12-10-13(27(24,25)26)8-9-14(12)17/h1-10H,11H2,(H,24,25,26). The summed E-state index contributed by atoms with van der Waals surface area (Å²) in [6, 6.07) is 16.2. The molecule has 0 aliphatic heterocycles. The molecule has 0 unspecified atom stereocenters. The molecule has 7 heteroatoms. The van der Waals surface area contributed by atoms with Gasteiger partial charge in [0.2, 0.25) is 11.6 Å². The van der Waals surface area contributed by atoms with E-state index in [-0.39, 0.29) is 11.3 Å².